The van der Waals surface area contributed by atoms with Gasteiger partial charge in [0.1, 0.15) is 5.75 Å². The van der Waals surface area contributed by atoms with Gasteiger partial charge < -0.3 is 11.1 Å². The van der Waals surface area contributed by atoms with E-state index in [1.54, 1.807) is 25.1 Å². The van der Waals surface area contributed by atoms with E-state index >= 15 is 0 Å². The number of benzene rings is 1. The first-order valence-corrected chi connectivity index (χ1v) is 8.48. The van der Waals surface area contributed by atoms with Crippen LogP contribution in [-0.4, -0.2) is 25.3 Å². The molecule has 1 aliphatic rings. The Kier molecular flexibility index (Phi) is 4.32. The number of sulfone groups is 1. The molecule has 0 atom stereocenters. The number of hydrogen-bond donors (Lipinski definition) is 2. The van der Waals surface area contributed by atoms with E-state index in [2.05, 4.69) is 5.32 Å². The molecule has 0 saturated heterocycles. The molecule has 1 aromatic carbocycles. The number of carbonyl (C=O) groups excluding carboxylic acids is 1. The molecule has 1 amide bonds. The number of carbonyl (C=O) groups is 1. The van der Waals surface area contributed by atoms with E-state index < -0.39 is 21.5 Å². The number of nitrogen functional groups attached to an aromatic ring is 1. The predicted octanol–water partition coefficient (Wildman–Crippen LogP) is 1.87. The van der Waals surface area contributed by atoms with Crippen molar-refractivity contribution in [1.29, 1.82) is 0 Å². The van der Waals surface area contributed by atoms with Gasteiger partial charge in [-0.25, -0.2) is 8.42 Å². The van der Waals surface area contributed by atoms with Crippen molar-refractivity contribution in [2.24, 2.45) is 0 Å². The van der Waals surface area contributed by atoms with Crippen LogP contribution >= 0.6 is 0 Å². The standard InChI is InChI=1S/C14H20N2O3S/c1-10-12(15)7-4-8-13(10)16-14(17)9-20(18,19)11-5-2-3-6-11/h4,7-8,11H,2-3,5-6,9,15H2,1H3,(H,16,17). The van der Waals surface area contributed by atoms with Gasteiger partial charge in [0.2, 0.25) is 5.91 Å². The van der Waals surface area contributed by atoms with Crippen LogP contribution in [0.3, 0.4) is 0 Å². The smallest absolute Gasteiger partial charge is 0.239 e. The Morgan fingerprint density at radius 2 is 2.00 bits per heavy atom. The van der Waals surface area contributed by atoms with E-state index in [1.807, 2.05) is 0 Å². The van der Waals surface area contributed by atoms with E-state index in [-0.39, 0.29) is 5.25 Å². The number of rotatable bonds is 4. The van der Waals surface area contributed by atoms with E-state index in [4.69, 9.17) is 5.73 Å². The van der Waals surface area contributed by atoms with Gasteiger partial charge in [-0.1, -0.05) is 18.9 Å². The second kappa shape index (κ2) is 5.83. The molecule has 1 fully saturated rings. The molecule has 1 saturated carbocycles. The minimum atomic E-state index is -3.35. The van der Waals surface area contributed by atoms with Crippen molar-refractivity contribution in [2.45, 2.75) is 37.9 Å². The number of nitrogens with one attached hydrogen (secondary N) is 1. The lowest BCUT2D eigenvalue weighted by atomic mass is 10.1. The Morgan fingerprint density at radius 1 is 1.35 bits per heavy atom. The van der Waals surface area contributed by atoms with Crippen LogP contribution in [0.1, 0.15) is 31.2 Å². The topological polar surface area (TPSA) is 89.3 Å². The fraction of sp³-hybridized carbons (Fsp3) is 0.500. The Bertz CT molecular complexity index is 605. The third kappa shape index (κ3) is 3.30. The first-order valence-electron chi connectivity index (χ1n) is 6.76. The van der Waals surface area contributed by atoms with Crippen LogP contribution in [0.15, 0.2) is 18.2 Å². The summed E-state index contributed by atoms with van der Waals surface area (Å²) < 4.78 is 24.2. The molecule has 0 aromatic heterocycles. The second-order valence-electron chi connectivity index (χ2n) is 5.28. The van der Waals surface area contributed by atoms with E-state index in [1.165, 1.54) is 0 Å². The van der Waals surface area contributed by atoms with Gasteiger partial charge in [-0.05, 0) is 37.5 Å². The highest BCUT2D eigenvalue weighted by atomic mass is 32.2. The summed E-state index contributed by atoms with van der Waals surface area (Å²) in [5.41, 5.74) is 7.64. The summed E-state index contributed by atoms with van der Waals surface area (Å²) in [4.78, 5) is 11.9. The molecule has 110 valence electrons. The van der Waals surface area contributed by atoms with Gasteiger partial charge in [0.05, 0.1) is 5.25 Å². The number of anilines is 2. The maximum absolute atomic E-state index is 12.1. The van der Waals surface area contributed by atoms with E-state index in [0.29, 0.717) is 24.2 Å². The summed E-state index contributed by atoms with van der Waals surface area (Å²) in [7, 11) is -3.35. The highest BCUT2D eigenvalue weighted by Gasteiger charge is 2.30. The van der Waals surface area contributed by atoms with Crippen LogP contribution < -0.4 is 11.1 Å². The zero-order valence-electron chi connectivity index (χ0n) is 11.6. The SMILES string of the molecule is Cc1c(N)cccc1NC(=O)CS(=O)(=O)C1CCCC1. The molecule has 0 bridgehead atoms. The van der Waals surface area contributed by atoms with Crippen LogP contribution in [0.5, 0.6) is 0 Å². The fourth-order valence-corrected chi connectivity index (χ4v) is 4.25. The normalized spacial score (nSPS) is 16.2. The van der Waals surface area contributed by atoms with Gasteiger partial charge in [0.15, 0.2) is 9.84 Å². The van der Waals surface area contributed by atoms with Crippen molar-refractivity contribution in [3.63, 3.8) is 0 Å². The molecular weight excluding hydrogens is 276 g/mol. The minimum Gasteiger partial charge on any atom is -0.398 e. The minimum absolute atomic E-state index is 0.352. The van der Waals surface area contributed by atoms with E-state index in [9.17, 15) is 13.2 Å². The Hall–Kier alpha value is -1.56. The molecule has 6 heteroatoms. The molecule has 5 nitrogen and oxygen atoms in total. The maximum Gasteiger partial charge on any atom is 0.239 e. The molecular formula is C14H20N2O3S. The van der Waals surface area contributed by atoms with Crippen LogP contribution in [0.2, 0.25) is 0 Å². The third-order valence-corrected chi connectivity index (χ3v) is 5.94. The maximum atomic E-state index is 12.1. The summed E-state index contributed by atoms with van der Waals surface area (Å²) in [5.74, 6) is -0.947. The van der Waals surface area contributed by atoms with Gasteiger partial charge in [0.25, 0.3) is 0 Å². The van der Waals surface area contributed by atoms with Gasteiger partial charge in [-0.15, -0.1) is 0 Å². The lowest BCUT2D eigenvalue weighted by Crippen LogP contribution is -2.29. The highest BCUT2D eigenvalue weighted by molar-refractivity contribution is 7.92. The largest absolute Gasteiger partial charge is 0.398 e. The third-order valence-electron chi connectivity index (χ3n) is 3.79. The molecule has 0 heterocycles. The lowest BCUT2D eigenvalue weighted by Gasteiger charge is -2.13. The molecule has 3 N–H and O–H groups in total. The Balaban J connectivity index is 2.04. The zero-order chi connectivity index (χ0) is 14.8. The van der Waals surface area contributed by atoms with E-state index in [0.717, 1.165) is 18.4 Å². The van der Waals surface area contributed by atoms with Crippen LogP contribution in [0, 0.1) is 6.92 Å². The zero-order valence-corrected chi connectivity index (χ0v) is 12.4. The molecule has 1 aromatic rings. The molecule has 0 spiro atoms. The van der Waals surface area contributed by atoms with Crippen molar-refractivity contribution < 1.29 is 13.2 Å². The first kappa shape index (κ1) is 14.8. The van der Waals surface area contributed by atoms with Crippen molar-refractivity contribution >= 4 is 27.1 Å². The molecule has 0 radical (unpaired) electrons. The summed E-state index contributed by atoms with van der Waals surface area (Å²) in [5, 5.41) is 2.28. The predicted molar refractivity (Wildman–Crippen MR) is 80.3 cm³/mol. The van der Waals surface area contributed by atoms with Gasteiger partial charge in [-0.2, -0.15) is 0 Å². The number of hydrogen-bond acceptors (Lipinski definition) is 4. The van der Waals surface area contributed by atoms with Crippen molar-refractivity contribution in [2.75, 3.05) is 16.8 Å². The molecule has 0 aliphatic heterocycles. The summed E-state index contributed by atoms with van der Waals surface area (Å²) in [6.45, 7) is 1.79. The second-order valence-corrected chi connectivity index (χ2v) is 7.56. The molecule has 2 rings (SSSR count). The summed E-state index contributed by atoms with van der Waals surface area (Å²) in [6, 6.07) is 5.18. The molecule has 20 heavy (non-hydrogen) atoms. The Labute approximate surface area is 119 Å². The first-order chi connectivity index (χ1) is 9.40. The summed E-state index contributed by atoms with van der Waals surface area (Å²) in [6.07, 6.45) is 3.21. The lowest BCUT2D eigenvalue weighted by molar-refractivity contribution is -0.113. The molecule has 0 unspecified atom stereocenters. The van der Waals surface area contributed by atoms with Gasteiger partial charge >= 0.3 is 0 Å². The van der Waals surface area contributed by atoms with Crippen molar-refractivity contribution in [1.82, 2.24) is 0 Å². The monoisotopic (exact) mass is 296 g/mol. The van der Waals surface area contributed by atoms with Gasteiger partial charge in [0, 0.05) is 11.4 Å². The van der Waals surface area contributed by atoms with Crippen LogP contribution in [0.25, 0.3) is 0 Å². The van der Waals surface area contributed by atoms with Crippen LogP contribution in [0.4, 0.5) is 11.4 Å². The highest BCUT2D eigenvalue weighted by Crippen LogP contribution is 2.25. The van der Waals surface area contributed by atoms with Crippen molar-refractivity contribution in [3.05, 3.63) is 23.8 Å². The number of amides is 1. The van der Waals surface area contributed by atoms with Crippen molar-refractivity contribution in [3.8, 4) is 0 Å². The molecule has 1 aliphatic carbocycles. The number of nitrogens with two attached hydrogens (primary N) is 1. The fourth-order valence-electron chi connectivity index (χ4n) is 2.52. The van der Waals surface area contributed by atoms with Gasteiger partial charge in [-0.3, -0.25) is 4.79 Å². The van der Waals surface area contributed by atoms with Crippen LogP contribution in [-0.2, 0) is 14.6 Å². The quantitative estimate of drug-likeness (QED) is 0.830. The average molecular weight is 296 g/mol. The average Bonchev–Trinajstić information content (AvgIpc) is 2.89. The summed E-state index contributed by atoms with van der Waals surface area (Å²) >= 11 is 0. The Morgan fingerprint density at radius 3 is 2.65 bits per heavy atom.